The lowest BCUT2D eigenvalue weighted by molar-refractivity contribution is 0.669. The smallest absolute Gasteiger partial charge is 0.164 e. The monoisotopic (exact) mass is 868 g/mol. The van der Waals surface area contributed by atoms with Gasteiger partial charge in [-0.05, 0) is 111 Å². The van der Waals surface area contributed by atoms with Gasteiger partial charge < -0.3 is 8.98 Å². The fourth-order valence-electron chi connectivity index (χ4n) is 9.82. The number of hydrogen-bond donors (Lipinski definition) is 0. The zero-order valence-electron chi connectivity index (χ0n) is 36.8. The summed E-state index contributed by atoms with van der Waals surface area (Å²) in [5, 5.41) is 4.51. The van der Waals surface area contributed by atoms with Crippen molar-refractivity contribution in [3.63, 3.8) is 0 Å². The lowest BCUT2D eigenvalue weighted by atomic mass is 9.84. The maximum atomic E-state index is 6.17. The SMILES string of the molecule is c1ccc(-c2cc(-c3ccc(-c4nc(-c5ccccc5)nc(-c5ccc6oc7ccccc7c6c5)n4)cc3)c(-c3ccccc3)c(-c3ccc4c(c3)c3ccccc3n4-c3ccccc3)c2)cc1. The molecule has 0 aliphatic rings. The van der Waals surface area contributed by atoms with E-state index < -0.39 is 0 Å². The number of fused-ring (bicyclic) bond motifs is 6. The van der Waals surface area contributed by atoms with Crippen molar-refractivity contribution in [2.24, 2.45) is 0 Å². The van der Waals surface area contributed by atoms with Crippen LogP contribution in [0, 0.1) is 0 Å². The molecule has 0 spiro atoms. The Morgan fingerprint density at radius 2 is 0.750 bits per heavy atom. The third-order valence-corrected chi connectivity index (χ3v) is 13.1. The normalized spacial score (nSPS) is 11.5. The number of hydrogen-bond acceptors (Lipinski definition) is 4. The van der Waals surface area contributed by atoms with Crippen LogP contribution in [-0.4, -0.2) is 19.5 Å². The Hall–Kier alpha value is -9.19. The Labute approximate surface area is 392 Å². The van der Waals surface area contributed by atoms with E-state index >= 15 is 0 Å². The summed E-state index contributed by atoms with van der Waals surface area (Å²) in [4.78, 5) is 15.3. The summed E-state index contributed by atoms with van der Waals surface area (Å²) in [5.74, 6) is 1.81. The Balaban J connectivity index is 0.986. The highest BCUT2D eigenvalue weighted by molar-refractivity contribution is 6.11. The first-order valence-electron chi connectivity index (χ1n) is 22.9. The molecular weight excluding hydrogens is 829 g/mol. The van der Waals surface area contributed by atoms with Crippen LogP contribution < -0.4 is 0 Å². The van der Waals surface area contributed by atoms with Gasteiger partial charge in [-0.1, -0.05) is 176 Å². The molecule has 318 valence electrons. The van der Waals surface area contributed by atoms with Crippen LogP contribution in [0.15, 0.2) is 247 Å². The average Bonchev–Trinajstić information content (AvgIpc) is 3.96. The van der Waals surface area contributed by atoms with Crippen LogP contribution in [0.1, 0.15) is 0 Å². The molecule has 5 nitrogen and oxygen atoms in total. The van der Waals surface area contributed by atoms with Crippen LogP contribution >= 0.6 is 0 Å². The van der Waals surface area contributed by atoms with Crippen molar-refractivity contribution in [1.82, 2.24) is 19.5 Å². The molecule has 0 aliphatic carbocycles. The molecule has 13 rings (SSSR count). The van der Waals surface area contributed by atoms with Crippen molar-refractivity contribution in [3.8, 4) is 84.4 Å². The molecule has 0 saturated heterocycles. The van der Waals surface area contributed by atoms with Crippen molar-refractivity contribution in [1.29, 1.82) is 0 Å². The van der Waals surface area contributed by atoms with Gasteiger partial charge in [0.05, 0.1) is 11.0 Å². The number of furan rings is 1. The summed E-state index contributed by atoms with van der Waals surface area (Å²) in [6.45, 7) is 0. The Kier molecular flexibility index (Phi) is 9.43. The van der Waals surface area contributed by atoms with Gasteiger partial charge in [0.15, 0.2) is 17.5 Å². The van der Waals surface area contributed by atoms with E-state index in [2.05, 4.69) is 187 Å². The fourth-order valence-corrected chi connectivity index (χ4v) is 9.82. The van der Waals surface area contributed by atoms with Crippen LogP contribution in [0.2, 0.25) is 0 Å². The van der Waals surface area contributed by atoms with Gasteiger partial charge in [0.1, 0.15) is 11.2 Å². The van der Waals surface area contributed by atoms with E-state index in [0.29, 0.717) is 17.5 Å². The highest BCUT2D eigenvalue weighted by atomic mass is 16.3. The molecule has 68 heavy (non-hydrogen) atoms. The molecule has 0 aliphatic heterocycles. The van der Waals surface area contributed by atoms with E-state index in [1.807, 2.05) is 60.7 Å². The van der Waals surface area contributed by atoms with Crippen LogP contribution in [0.25, 0.3) is 128 Å². The Morgan fingerprint density at radius 3 is 1.46 bits per heavy atom. The van der Waals surface area contributed by atoms with E-state index in [9.17, 15) is 0 Å². The van der Waals surface area contributed by atoms with Gasteiger partial charge in [-0.2, -0.15) is 0 Å². The molecule has 3 heterocycles. The quantitative estimate of drug-likeness (QED) is 0.153. The Morgan fingerprint density at radius 1 is 0.279 bits per heavy atom. The lowest BCUT2D eigenvalue weighted by Crippen LogP contribution is -2.00. The molecule has 10 aromatic carbocycles. The van der Waals surface area contributed by atoms with Crippen LogP contribution in [0.5, 0.6) is 0 Å². The summed E-state index contributed by atoms with van der Waals surface area (Å²) in [7, 11) is 0. The minimum absolute atomic E-state index is 0.598. The molecule has 0 bridgehead atoms. The maximum Gasteiger partial charge on any atom is 0.164 e. The zero-order valence-corrected chi connectivity index (χ0v) is 36.8. The van der Waals surface area contributed by atoms with Gasteiger partial charge >= 0.3 is 0 Å². The highest BCUT2D eigenvalue weighted by Gasteiger charge is 2.21. The second-order valence-corrected chi connectivity index (χ2v) is 17.2. The number of aromatic nitrogens is 4. The predicted molar refractivity (Wildman–Crippen MR) is 279 cm³/mol. The molecule has 0 fully saturated rings. The first-order chi connectivity index (χ1) is 33.7. The number of para-hydroxylation sites is 3. The van der Waals surface area contributed by atoms with E-state index in [-0.39, 0.29) is 0 Å². The molecule has 0 unspecified atom stereocenters. The summed E-state index contributed by atoms with van der Waals surface area (Å²) in [6, 6.07) is 85.6. The highest BCUT2D eigenvalue weighted by Crippen LogP contribution is 2.45. The zero-order chi connectivity index (χ0) is 45.0. The van der Waals surface area contributed by atoms with Gasteiger partial charge in [-0.25, -0.2) is 15.0 Å². The number of benzene rings is 10. The number of nitrogens with zero attached hydrogens (tertiary/aromatic N) is 4. The van der Waals surface area contributed by atoms with Gasteiger partial charge in [-0.3, -0.25) is 0 Å². The second kappa shape index (κ2) is 16.4. The van der Waals surface area contributed by atoms with E-state index in [0.717, 1.165) is 83.3 Å². The first kappa shape index (κ1) is 39.2. The van der Waals surface area contributed by atoms with Gasteiger partial charge in [0.25, 0.3) is 0 Å². The topological polar surface area (TPSA) is 56.7 Å². The third-order valence-electron chi connectivity index (χ3n) is 13.1. The molecule has 0 N–H and O–H groups in total. The Bertz CT molecular complexity index is 3990. The maximum absolute atomic E-state index is 6.17. The molecule has 5 heteroatoms. The van der Waals surface area contributed by atoms with E-state index in [1.54, 1.807) is 0 Å². The average molecular weight is 869 g/mol. The molecule has 0 atom stereocenters. The predicted octanol–water partition coefficient (Wildman–Crippen LogP) is 16.5. The molecular formula is C63H40N4O. The van der Waals surface area contributed by atoms with Gasteiger partial charge in [-0.15, -0.1) is 0 Å². The summed E-state index contributed by atoms with van der Waals surface area (Å²) < 4.78 is 8.55. The minimum atomic E-state index is 0.598. The lowest BCUT2D eigenvalue weighted by Gasteiger charge is -2.19. The summed E-state index contributed by atoms with van der Waals surface area (Å²) in [6.07, 6.45) is 0. The first-order valence-corrected chi connectivity index (χ1v) is 22.9. The van der Waals surface area contributed by atoms with Crippen LogP contribution in [0.3, 0.4) is 0 Å². The fraction of sp³-hybridized carbons (Fsp3) is 0. The van der Waals surface area contributed by atoms with Crippen molar-refractivity contribution in [2.75, 3.05) is 0 Å². The molecule has 3 aromatic heterocycles. The van der Waals surface area contributed by atoms with E-state index in [4.69, 9.17) is 19.4 Å². The second-order valence-electron chi connectivity index (χ2n) is 17.2. The van der Waals surface area contributed by atoms with Crippen molar-refractivity contribution in [3.05, 3.63) is 243 Å². The summed E-state index contributed by atoms with van der Waals surface area (Å²) in [5.41, 5.74) is 17.0. The van der Waals surface area contributed by atoms with Gasteiger partial charge in [0.2, 0.25) is 0 Å². The molecule has 0 saturated carbocycles. The molecule has 0 radical (unpaired) electrons. The van der Waals surface area contributed by atoms with Crippen LogP contribution in [0.4, 0.5) is 0 Å². The number of rotatable bonds is 8. The third kappa shape index (κ3) is 6.84. The van der Waals surface area contributed by atoms with E-state index in [1.165, 1.54) is 27.4 Å². The van der Waals surface area contributed by atoms with Crippen molar-refractivity contribution >= 4 is 43.7 Å². The molecule has 13 aromatic rings. The van der Waals surface area contributed by atoms with Crippen molar-refractivity contribution < 1.29 is 4.42 Å². The largest absolute Gasteiger partial charge is 0.456 e. The molecule has 0 amide bonds. The van der Waals surface area contributed by atoms with Gasteiger partial charge in [0, 0.05) is 43.9 Å². The van der Waals surface area contributed by atoms with Crippen molar-refractivity contribution in [2.45, 2.75) is 0 Å². The minimum Gasteiger partial charge on any atom is -0.456 e. The summed E-state index contributed by atoms with van der Waals surface area (Å²) >= 11 is 0. The van der Waals surface area contributed by atoms with Crippen LogP contribution in [-0.2, 0) is 0 Å². The standard InChI is InChI=1S/C63H40N4O/c1-5-17-41(18-6-1)48-39-52(60(43-19-7-2-8-20-43)53(40-48)46-33-35-57-54(37-46)50-25-13-15-27-56(50)67(57)49-23-11-4-12-24-49)42-29-31-45(32-30-42)62-64-61(44-21-9-3-10-22-44)65-63(66-62)47-34-36-59-55(38-47)51-26-14-16-28-58(51)68-59/h1-40H.